The van der Waals surface area contributed by atoms with E-state index in [1.54, 1.807) is 12.1 Å². The van der Waals surface area contributed by atoms with E-state index in [4.69, 9.17) is 16.3 Å². The molecule has 1 heterocycles. The second kappa shape index (κ2) is 9.27. The van der Waals surface area contributed by atoms with Gasteiger partial charge in [-0.25, -0.2) is 4.39 Å². The Balaban J connectivity index is 1.64. The fourth-order valence-corrected chi connectivity index (χ4v) is 4.31. The van der Waals surface area contributed by atoms with E-state index >= 15 is 0 Å². The molecular weight excluding hydrogens is 401 g/mol. The maximum absolute atomic E-state index is 14.6. The van der Waals surface area contributed by atoms with Crippen molar-refractivity contribution in [3.63, 3.8) is 0 Å². The maximum atomic E-state index is 14.6. The molecular formula is C25H25ClFNO2. The lowest BCUT2D eigenvalue weighted by Crippen LogP contribution is -2.53. The Kier molecular flexibility index (Phi) is 6.49. The van der Waals surface area contributed by atoms with Crippen LogP contribution in [0.15, 0.2) is 78.9 Å². The topological polar surface area (TPSA) is 32.7 Å². The molecule has 1 unspecified atom stereocenters. The number of rotatable bonds is 6. The third-order valence-corrected chi connectivity index (χ3v) is 6.07. The van der Waals surface area contributed by atoms with Gasteiger partial charge in [-0.05, 0) is 23.3 Å². The van der Waals surface area contributed by atoms with E-state index in [0.717, 1.165) is 13.1 Å². The third kappa shape index (κ3) is 4.57. The summed E-state index contributed by atoms with van der Waals surface area (Å²) in [4.78, 5) is 2.26. The smallest absolute Gasteiger partial charge is 0.128 e. The van der Waals surface area contributed by atoms with Gasteiger partial charge in [0, 0.05) is 36.6 Å². The Morgan fingerprint density at radius 2 is 1.70 bits per heavy atom. The number of hydrogen-bond acceptors (Lipinski definition) is 3. The molecule has 3 nitrogen and oxygen atoms in total. The van der Waals surface area contributed by atoms with Crippen molar-refractivity contribution >= 4 is 11.6 Å². The molecule has 3 aromatic rings. The zero-order valence-electron chi connectivity index (χ0n) is 16.7. The first-order chi connectivity index (χ1) is 14.6. The average Bonchev–Trinajstić information content (AvgIpc) is 2.78. The minimum atomic E-state index is -1.41. The van der Waals surface area contributed by atoms with E-state index in [1.165, 1.54) is 11.6 Å². The maximum Gasteiger partial charge on any atom is 0.128 e. The van der Waals surface area contributed by atoms with Crippen LogP contribution in [0.1, 0.15) is 16.7 Å². The second-order valence-electron chi connectivity index (χ2n) is 7.75. The van der Waals surface area contributed by atoms with Gasteiger partial charge in [-0.3, -0.25) is 4.90 Å². The van der Waals surface area contributed by atoms with Crippen LogP contribution in [0.3, 0.4) is 0 Å². The molecule has 0 aliphatic carbocycles. The molecule has 0 amide bonds. The van der Waals surface area contributed by atoms with Crippen LogP contribution in [0.25, 0.3) is 0 Å². The molecule has 0 radical (unpaired) electrons. The average molecular weight is 426 g/mol. The van der Waals surface area contributed by atoms with Crippen molar-refractivity contribution in [1.82, 2.24) is 4.90 Å². The van der Waals surface area contributed by atoms with Crippen molar-refractivity contribution in [2.24, 2.45) is 0 Å². The van der Waals surface area contributed by atoms with Gasteiger partial charge in [0.1, 0.15) is 17.5 Å². The summed E-state index contributed by atoms with van der Waals surface area (Å²) in [6, 6.07) is 24.2. The standard InChI is InChI=1S/C25H25ClFNO2/c26-22-12-7-13-23(27)21(22)16-25(29,20-10-5-2-6-11-20)24-18-28(14-15-30-24)17-19-8-3-1-4-9-19/h1-13,24,29H,14-18H2/t24?,25-/m1/s1. The SMILES string of the molecule is O[C@](Cc1c(F)cccc1Cl)(c1ccccc1)C1CN(Cc2ccccc2)CCO1. The fraction of sp³-hybridized carbons (Fsp3) is 0.280. The molecule has 1 aliphatic heterocycles. The lowest BCUT2D eigenvalue weighted by molar-refractivity contribution is -0.150. The third-order valence-electron chi connectivity index (χ3n) is 5.71. The Morgan fingerprint density at radius 1 is 1.00 bits per heavy atom. The molecule has 0 saturated carbocycles. The summed E-state index contributed by atoms with van der Waals surface area (Å²) in [5, 5.41) is 12.2. The molecule has 0 aromatic heterocycles. The summed E-state index contributed by atoms with van der Waals surface area (Å²) in [6.07, 6.45) is -0.486. The molecule has 1 fully saturated rings. The predicted octanol–water partition coefficient (Wildman–Crippen LogP) is 4.81. The largest absolute Gasteiger partial charge is 0.382 e. The number of morpholine rings is 1. The Hall–Kier alpha value is -2.24. The number of aliphatic hydroxyl groups is 1. The first-order valence-corrected chi connectivity index (χ1v) is 10.5. The Labute approximate surface area is 181 Å². The Morgan fingerprint density at radius 3 is 2.40 bits per heavy atom. The van der Waals surface area contributed by atoms with Crippen LogP contribution in [-0.2, 0) is 23.3 Å². The van der Waals surface area contributed by atoms with E-state index in [1.807, 2.05) is 48.5 Å². The van der Waals surface area contributed by atoms with E-state index < -0.39 is 17.5 Å². The van der Waals surface area contributed by atoms with E-state index in [2.05, 4.69) is 17.0 Å². The van der Waals surface area contributed by atoms with Crippen LogP contribution in [0, 0.1) is 5.82 Å². The highest BCUT2D eigenvalue weighted by Gasteiger charge is 2.43. The van der Waals surface area contributed by atoms with Gasteiger partial charge in [0.25, 0.3) is 0 Å². The van der Waals surface area contributed by atoms with Crippen molar-refractivity contribution in [2.45, 2.75) is 24.7 Å². The minimum Gasteiger partial charge on any atom is -0.382 e. The number of hydrogen-bond donors (Lipinski definition) is 1. The van der Waals surface area contributed by atoms with Gasteiger partial charge in [-0.1, -0.05) is 78.3 Å². The van der Waals surface area contributed by atoms with Crippen LogP contribution in [0.4, 0.5) is 4.39 Å². The van der Waals surface area contributed by atoms with Crippen molar-refractivity contribution in [3.05, 3.63) is 106 Å². The minimum absolute atomic E-state index is 0.0341. The van der Waals surface area contributed by atoms with E-state index in [-0.39, 0.29) is 6.42 Å². The van der Waals surface area contributed by atoms with Crippen LogP contribution in [0.2, 0.25) is 5.02 Å². The van der Waals surface area contributed by atoms with Crippen LogP contribution in [0.5, 0.6) is 0 Å². The summed E-state index contributed by atoms with van der Waals surface area (Å²) in [5.41, 5.74) is 0.784. The molecule has 4 rings (SSSR count). The highest BCUT2D eigenvalue weighted by molar-refractivity contribution is 6.31. The molecule has 0 spiro atoms. The van der Waals surface area contributed by atoms with Crippen LogP contribution in [-0.4, -0.2) is 35.8 Å². The molecule has 5 heteroatoms. The van der Waals surface area contributed by atoms with Crippen molar-refractivity contribution in [2.75, 3.05) is 19.7 Å². The first kappa shape index (κ1) is 21.0. The monoisotopic (exact) mass is 425 g/mol. The number of ether oxygens (including phenoxy) is 1. The number of benzene rings is 3. The van der Waals surface area contributed by atoms with Crippen molar-refractivity contribution < 1.29 is 14.2 Å². The van der Waals surface area contributed by atoms with Gasteiger partial charge < -0.3 is 9.84 Å². The van der Waals surface area contributed by atoms with Gasteiger partial charge in [-0.2, -0.15) is 0 Å². The van der Waals surface area contributed by atoms with Gasteiger partial charge >= 0.3 is 0 Å². The molecule has 1 aliphatic rings. The molecule has 3 aromatic carbocycles. The summed E-state index contributed by atoms with van der Waals surface area (Å²) in [7, 11) is 0. The summed E-state index contributed by atoms with van der Waals surface area (Å²) in [5.74, 6) is -0.422. The van der Waals surface area contributed by atoms with Crippen LogP contribution >= 0.6 is 11.6 Å². The molecule has 2 atom stereocenters. The van der Waals surface area contributed by atoms with Gasteiger partial charge in [0.15, 0.2) is 0 Å². The summed E-state index contributed by atoms with van der Waals surface area (Å²) >= 11 is 6.30. The van der Waals surface area contributed by atoms with Crippen molar-refractivity contribution in [1.29, 1.82) is 0 Å². The molecule has 0 bridgehead atoms. The Bertz CT molecular complexity index is 949. The summed E-state index contributed by atoms with van der Waals surface area (Å²) in [6.45, 7) is 2.58. The van der Waals surface area contributed by atoms with Crippen LogP contribution < -0.4 is 0 Å². The lowest BCUT2D eigenvalue weighted by atomic mass is 9.81. The normalized spacial score (nSPS) is 19.4. The zero-order valence-corrected chi connectivity index (χ0v) is 17.4. The zero-order chi connectivity index (χ0) is 21.0. The lowest BCUT2D eigenvalue weighted by Gasteiger charge is -2.42. The number of halogens is 2. The van der Waals surface area contributed by atoms with Gasteiger partial charge in [0.2, 0.25) is 0 Å². The molecule has 30 heavy (non-hydrogen) atoms. The number of nitrogens with zero attached hydrogens (tertiary/aromatic N) is 1. The highest BCUT2D eigenvalue weighted by Crippen LogP contribution is 2.36. The second-order valence-corrected chi connectivity index (χ2v) is 8.15. The summed E-state index contributed by atoms with van der Waals surface area (Å²) < 4.78 is 20.6. The van der Waals surface area contributed by atoms with Gasteiger partial charge in [-0.15, -0.1) is 0 Å². The molecule has 1 saturated heterocycles. The molecule has 156 valence electrons. The van der Waals surface area contributed by atoms with E-state index in [9.17, 15) is 9.50 Å². The predicted molar refractivity (Wildman–Crippen MR) is 117 cm³/mol. The quantitative estimate of drug-likeness (QED) is 0.615. The fourth-order valence-electron chi connectivity index (χ4n) is 4.08. The first-order valence-electron chi connectivity index (χ1n) is 10.1. The van der Waals surface area contributed by atoms with E-state index in [0.29, 0.717) is 29.3 Å². The van der Waals surface area contributed by atoms with Gasteiger partial charge in [0.05, 0.1) is 6.61 Å². The molecule has 1 N–H and O–H groups in total. The highest BCUT2D eigenvalue weighted by atomic mass is 35.5. The van der Waals surface area contributed by atoms with Crippen molar-refractivity contribution in [3.8, 4) is 0 Å².